The Hall–Kier alpha value is -0.510. The van der Waals surface area contributed by atoms with Gasteiger partial charge in [-0.2, -0.15) is 35.4 Å². The van der Waals surface area contributed by atoms with Crippen LogP contribution in [0.5, 0.6) is 0 Å². The minimum atomic E-state index is 0. The predicted molar refractivity (Wildman–Crippen MR) is 167 cm³/mol. The first-order valence-corrected chi connectivity index (χ1v) is 14.2. The van der Waals surface area contributed by atoms with Gasteiger partial charge in [-0.15, -0.1) is 22.2 Å². The molecule has 212 valence electrons. The van der Waals surface area contributed by atoms with E-state index in [1.54, 1.807) is 0 Å². The molecule has 0 aromatic heterocycles. The quantitative estimate of drug-likeness (QED) is 0.215. The standard InChI is InChI=1S/2C9H13.2C8H18N.Hf/c2*1-2-3-6-9-7-4-5-8-9;2*1-7(2,3)9-8(4,5)6;/h2*4-5,7-8H,2-3,6H2,1H3;2*1-6H3;/q4*-1;+4. The molecule has 0 fully saturated rings. The van der Waals surface area contributed by atoms with Crippen molar-refractivity contribution < 1.29 is 25.8 Å². The molecule has 0 saturated heterocycles. The number of nitrogens with zero attached hydrogens (tertiary/aromatic N) is 2. The van der Waals surface area contributed by atoms with Crippen LogP contribution in [0.3, 0.4) is 0 Å². The van der Waals surface area contributed by atoms with Crippen LogP contribution in [0.4, 0.5) is 0 Å². The second-order valence-corrected chi connectivity index (χ2v) is 13.7. The molecule has 0 aliphatic carbocycles. The van der Waals surface area contributed by atoms with Crippen molar-refractivity contribution in [1.29, 1.82) is 0 Å². The predicted octanol–water partition coefficient (Wildman–Crippen LogP) is 11.4. The summed E-state index contributed by atoms with van der Waals surface area (Å²) < 4.78 is 0. The molecule has 0 heterocycles. The van der Waals surface area contributed by atoms with E-state index >= 15 is 0 Å². The number of hydrogen-bond donors (Lipinski definition) is 0. The molecule has 3 heteroatoms. The molecule has 0 N–H and O–H groups in total. The molecular formula is C34H62HfN2. The Morgan fingerprint density at radius 2 is 0.676 bits per heavy atom. The Labute approximate surface area is 252 Å². The van der Waals surface area contributed by atoms with Gasteiger partial charge in [0.2, 0.25) is 0 Å². The minimum Gasteiger partial charge on any atom is -0.653 e. The summed E-state index contributed by atoms with van der Waals surface area (Å²) in [5.74, 6) is 0. The molecule has 0 aliphatic heterocycles. The molecule has 0 aliphatic rings. The SMILES string of the molecule is CC(C)(C)[N-]C(C)(C)C.CC(C)(C)[N-]C(C)(C)C.CCCC[c-]1cccc1.CCCC[c-]1cccc1.[Hf+4]. The van der Waals surface area contributed by atoms with Crippen LogP contribution in [0.25, 0.3) is 10.6 Å². The fraction of sp³-hybridized carbons (Fsp3) is 0.706. The summed E-state index contributed by atoms with van der Waals surface area (Å²) in [6.45, 7) is 29.9. The average molecular weight is 677 g/mol. The fourth-order valence-electron chi connectivity index (χ4n) is 3.94. The average Bonchev–Trinajstić information content (AvgIpc) is 3.34. The Bertz CT molecular complexity index is 612. The van der Waals surface area contributed by atoms with Gasteiger partial charge in [-0.1, -0.05) is 135 Å². The number of aryl methyl sites for hydroxylation is 2. The Kier molecular flexibility index (Phi) is 22.6. The van der Waals surface area contributed by atoms with Crippen molar-refractivity contribution in [3.63, 3.8) is 0 Å². The summed E-state index contributed by atoms with van der Waals surface area (Å²) in [4.78, 5) is 0. The van der Waals surface area contributed by atoms with Crippen LogP contribution in [0, 0.1) is 0 Å². The molecule has 0 amide bonds. The van der Waals surface area contributed by atoms with E-state index in [1.165, 1.54) is 49.7 Å². The molecule has 2 nitrogen and oxygen atoms in total. The molecule has 0 spiro atoms. The first kappa shape index (κ1) is 41.0. The third-order valence-electron chi connectivity index (χ3n) is 4.44. The molecule has 0 saturated carbocycles. The molecule has 37 heavy (non-hydrogen) atoms. The zero-order valence-corrected chi connectivity index (χ0v) is 30.8. The topological polar surface area (TPSA) is 28.2 Å². The second kappa shape index (κ2) is 20.4. The van der Waals surface area contributed by atoms with Crippen LogP contribution < -0.4 is 0 Å². The zero-order chi connectivity index (χ0) is 28.5. The van der Waals surface area contributed by atoms with Crippen LogP contribution in [-0.4, -0.2) is 22.2 Å². The monoisotopic (exact) mass is 678 g/mol. The largest absolute Gasteiger partial charge is 4.00 e. The molecule has 0 unspecified atom stereocenters. The first-order valence-electron chi connectivity index (χ1n) is 14.2. The zero-order valence-electron chi connectivity index (χ0n) is 27.3. The number of hydrogen-bond acceptors (Lipinski definition) is 0. The van der Waals surface area contributed by atoms with Crippen molar-refractivity contribution in [2.75, 3.05) is 0 Å². The van der Waals surface area contributed by atoms with Gasteiger partial charge in [-0.05, 0) is 0 Å². The van der Waals surface area contributed by atoms with E-state index in [1.807, 2.05) is 0 Å². The third kappa shape index (κ3) is 35.5. The molecular weight excluding hydrogens is 615 g/mol. The van der Waals surface area contributed by atoms with Crippen molar-refractivity contribution >= 4 is 0 Å². The van der Waals surface area contributed by atoms with Crippen LogP contribution in [0.2, 0.25) is 0 Å². The fourth-order valence-corrected chi connectivity index (χ4v) is 3.94. The van der Waals surface area contributed by atoms with Gasteiger partial charge in [0.1, 0.15) is 0 Å². The molecule has 0 radical (unpaired) electrons. The number of unbranched alkanes of at least 4 members (excludes halogenated alkanes) is 2. The van der Waals surface area contributed by atoms with E-state index in [9.17, 15) is 0 Å². The van der Waals surface area contributed by atoms with Crippen LogP contribution in [0.15, 0.2) is 48.5 Å². The van der Waals surface area contributed by atoms with Crippen LogP contribution >= 0.6 is 0 Å². The van der Waals surface area contributed by atoms with Gasteiger partial charge in [0.25, 0.3) is 0 Å². The Balaban J connectivity index is -0.000000413. The first-order chi connectivity index (χ1) is 16.3. The summed E-state index contributed by atoms with van der Waals surface area (Å²) in [5.41, 5.74) is 3.40. The summed E-state index contributed by atoms with van der Waals surface area (Å²) in [6, 6.07) is 17.2. The minimum absolute atomic E-state index is 0. The van der Waals surface area contributed by atoms with Gasteiger partial charge in [0.05, 0.1) is 0 Å². The van der Waals surface area contributed by atoms with Crippen LogP contribution in [0.1, 0.15) is 134 Å². The van der Waals surface area contributed by atoms with Gasteiger partial charge in [0, 0.05) is 0 Å². The van der Waals surface area contributed by atoms with E-state index in [0.29, 0.717) is 0 Å². The van der Waals surface area contributed by atoms with E-state index in [-0.39, 0.29) is 48.0 Å². The second-order valence-electron chi connectivity index (χ2n) is 13.7. The van der Waals surface area contributed by atoms with Crippen molar-refractivity contribution in [2.24, 2.45) is 0 Å². The molecule has 2 aromatic carbocycles. The van der Waals surface area contributed by atoms with Gasteiger partial charge in [-0.25, -0.2) is 24.3 Å². The van der Waals surface area contributed by atoms with Gasteiger partial charge < -0.3 is 10.6 Å². The van der Waals surface area contributed by atoms with Crippen molar-refractivity contribution in [2.45, 2.75) is 158 Å². The summed E-state index contributed by atoms with van der Waals surface area (Å²) in [6.07, 6.45) is 7.75. The molecule has 2 rings (SSSR count). The van der Waals surface area contributed by atoms with Crippen molar-refractivity contribution in [3.8, 4) is 0 Å². The Morgan fingerprint density at radius 1 is 0.459 bits per heavy atom. The van der Waals surface area contributed by atoms with Gasteiger partial charge in [0.15, 0.2) is 0 Å². The van der Waals surface area contributed by atoms with Crippen LogP contribution in [-0.2, 0) is 38.7 Å². The third-order valence-corrected chi connectivity index (χ3v) is 4.44. The summed E-state index contributed by atoms with van der Waals surface area (Å²) in [7, 11) is 0. The maximum atomic E-state index is 4.54. The van der Waals surface area contributed by atoms with E-state index in [2.05, 4.69) is 156 Å². The van der Waals surface area contributed by atoms with Crippen molar-refractivity contribution in [1.82, 2.24) is 0 Å². The Morgan fingerprint density at radius 3 is 0.811 bits per heavy atom. The molecule has 0 atom stereocenters. The van der Waals surface area contributed by atoms with E-state index < -0.39 is 0 Å². The molecule has 0 bridgehead atoms. The van der Waals surface area contributed by atoms with E-state index in [4.69, 9.17) is 0 Å². The van der Waals surface area contributed by atoms with Gasteiger partial charge in [-0.3, -0.25) is 0 Å². The van der Waals surface area contributed by atoms with Gasteiger partial charge >= 0.3 is 25.8 Å². The van der Waals surface area contributed by atoms with E-state index in [0.717, 1.165) is 0 Å². The van der Waals surface area contributed by atoms with Crippen molar-refractivity contribution in [3.05, 3.63) is 70.3 Å². The number of rotatable bonds is 6. The normalized spacial score (nSPS) is 11.6. The maximum absolute atomic E-state index is 4.54. The molecule has 2 aromatic rings. The smallest absolute Gasteiger partial charge is 0.653 e. The summed E-state index contributed by atoms with van der Waals surface area (Å²) in [5, 5.41) is 9.08. The maximum Gasteiger partial charge on any atom is 4.00 e. The summed E-state index contributed by atoms with van der Waals surface area (Å²) >= 11 is 0.